The van der Waals surface area contributed by atoms with E-state index in [2.05, 4.69) is 15.7 Å². The minimum Gasteiger partial charge on any atom is -0.354 e. The summed E-state index contributed by atoms with van der Waals surface area (Å²) in [6.45, 7) is 2.07. The summed E-state index contributed by atoms with van der Waals surface area (Å²) in [7, 11) is 0. The second kappa shape index (κ2) is 4.97. The van der Waals surface area contributed by atoms with Gasteiger partial charge in [0.1, 0.15) is 6.54 Å². The van der Waals surface area contributed by atoms with Gasteiger partial charge in [-0.25, -0.2) is 0 Å². The topological polar surface area (TPSA) is 59.0 Å². The normalized spacial score (nSPS) is 16.4. The highest BCUT2D eigenvalue weighted by Gasteiger charge is 2.33. The largest absolute Gasteiger partial charge is 0.435 e. The van der Waals surface area contributed by atoms with Crippen molar-refractivity contribution in [3.05, 3.63) is 18.0 Å². The minimum atomic E-state index is -4.47. The third kappa shape index (κ3) is 3.22. The molecule has 1 aromatic rings. The number of amides is 1. The Bertz CT molecular complexity index is 425. The second-order valence-electron chi connectivity index (χ2n) is 4.22. The number of halogens is 3. The third-order valence-corrected chi connectivity index (χ3v) is 2.69. The SMILES string of the molecule is O=C(Cn1ccc(C(F)(F)F)n1)NCC1CNC1. The van der Waals surface area contributed by atoms with Crippen molar-refractivity contribution < 1.29 is 18.0 Å². The van der Waals surface area contributed by atoms with Crippen molar-refractivity contribution >= 4 is 5.91 Å². The fraction of sp³-hybridized carbons (Fsp3) is 0.600. The first kappa shape index (κ1) is 12.9. The molecule has 1 aromatic heterocycles. The van der Waals surface area contributed by atoms with Gasteiger partial charge in [-0.1, -0.05) is 0 Å². The quantitative estimate of drug-likeness (QED) is 0.817. The molecule has 1 fully saturated rings. The van der Waals surface area contributed by atoms with E-state index in [1.165, 1.54) is 0 Å². The van der Waals surface area contributed by atoms with Crippen molar-refractivity contribution in [2.24, 2.45) is 5.92 Å². The predicted octanol–water partition coefficient (Wildman–Crippen LogP) is 0.238. The lowest BCUT2D eigenvalue weighted by atomic mass is 10.0. The maximum Gasteiger partial charge on any atom is 0.435 e. The van der Waals surface area contributed by atoms with Crippen molar-refractivity contribution in [3.8, 4) is 0 Å². The molecule has 1 aliphatic rings. The van der Waals surface area contributed by atoms with Crippen molar-refractivity contribution in [1.82, 2.24) is 20.4 Å². The van der Waals surface area contributed by atoms with Gasteiger partial charge < -0.3 is 10.6 Å². The molecule has 5 nitrogen and oxygen atoms in total. The summed E-state index contributed by atoms with van der Waals surface area (Å²) >= 11 is 0. The molecule has 1 amide bonds. The van der Waals surface area contributed by atoms with Crippen molar-refractivity contribution in [2.45, 2.75) is 12.7 Å². The summed E-state index contributed by atoms with van der Waals surface area (Å²) in [4.78, 5) is 11.4. The van der Waals surface area contributed by atoms with E-state index in [1.807, 2.05) is 0 Å². The number of nitrogens with one attached hydrogen (secondary N) is 2. The minimum absolute atomic E-state index is 0.198. The molecule has 0 saturated carbocycles. The van der Waals surface area contributed by atoms with Gasteiger partial charge in [0.25, 0.3) is 0 Å². The van der Waals surface area contributed by atoms with Crippen LogP contribution in [0.1, 0.15) is 5.69 Å². The smallest absolute Gasteiger partial charge is 0.354 e. The molecule has 8 heteroatoms. The highest BCUT2D eigenvalue weighted by molar-refractivity contribution is 5.75. The van der Waals surface area contributed by atoms with Crippen LogP contribution in [-0.4, -0.2) is 35.3 Å². The first-order chi connectivity index (χ1) is 8.45. The molecule has 1 saturated heterocycles. The number of hydrogen-bond acceptors (Lipinski definition) is 3. The molecule has 1 aliphatic heterocycles. The van der Waals surface area contributed by atoms with Crippen LogP contribution in [0.25, 0.3) is 0 Å². The van der Waals surface area contributed by atoms with Gasteiger partial charge in [-0.3, -0.25) is 9.48 Å². The van der Waals surface area contributed by atoms with Crippen LogP contribution in [0.5, 0.6) is 0 Å². The highest BCUT2D eigenvalue weighted by atomic mass is 19.4. The lowest BCUT2D eigenvalue weighted by molar-refractivity contribution is -0.141. The van der Waals surface area contributed by atoms with Gasteiger partial charge in [0, 0.05) is 31.7 Å². The molecule has 0 unspecified atom stereocenters. The van der Waals surface area contributed by atoms with Gasteiger partial charge in [0.15, 0.2) is 5.69 Å². The molecule has 0 atom stereocenters. The Labute approximate surface area is 101 Å². The predicted molar refractivity (Wildman–Crippen MR) is 56.6 cm³/mol. The fourth-order valence-electron chi connectivity index (χ4n) is 1.55. The summed E-state index contributed by atoms with van der Waals surface area (Å²) < 4.78 is 37.8. The molecule has 0 spiro atoms. The maximum atomic E-state index is 12.3. The van der Waals surface area contributed by atoms with Crippen molar-refractivity contribution in [2.75, 3.05) is 19.6 Å². The second-order valence-corrected chi connectivity index (χ2v) is 4.22. The van der Waals surface area contributed by atoms with Gasteiger partial charge in [0.2, 0.25) is 5.91 Å². The van der Waals surface area contributed by atoms with Gasteiger partial charge in [-0.05, 0) is 6.07 Å². The molecular formula is C10H13F3N4O. The van der Waals surface area contributed by atoms with Gasteiger partial charge in [0.05, 0.1) is 0 Å². The molecule has 0 bridgehead atoms. The van der Waals surface area contributed by atoms with Crippen LogP contribution in [0.2, 0.25) is 0 Å². The van der Waals surface area contributed by atoms with Crippen molar-refractivity contribution in [1.29, 1.82) is 0 Å². The molecule has 0 radical (unpaired) electrons. The zero-order valence-corrected chi connectivity index (χ0v) is 9.50. The molecule has 0 aliphatic carbocycles. The summed E-state index contributed by atoms with van der Waals surface area (Å²) in [6, 6.07) is 0.850. The average Bonchev–Trinajstić information content (AvgIpc) is 2.63. The Morgan fingerprint density at radius 2 is 2.28 bits per heavy atom. The van der Waals surface area contributed by atoms with Crippen LogP contribution < -0.4 is 10.6 Å². The van der Waals surface area contributed by atoms with Gasteiger partial charge in [-0.15, -0.1) is 0 Å². The van der Waals surface area contributed by atoms with E-state index in [1.54, 1.807) is 0 Å². The number of nitrogens with zero attached hydrogens (tertiary/aromatic N) is 2. The molecule has 2 heterocycles. The molecule has 18 heavy (non-hydrogen) atoms. The van der Waals surface area contributed by atoms with E-state index in [4.69, 9.17) is 0 Å². The van der Waals surface area contributed by atoms with E-state index < -0.39 is 11.9 Å². The molecule has 2 N–H and O–H groups in total. The van der Waals surface area contributed by atoms with Crippen LogP contribution in [0, 0.1) is 5.92 Å². The van der Waals surface area contributed by atoms with Crippen LogP contribution in [0.15, 0.2) is 12.3 Å². The summed E-state index contributed by atoms with van der Waals surface area (Å²) in [5.74, 6) is 0.0797. The molecule has 100 valence electrons. The number of hydrogen-bond donors (Lipinski definition) is 2. The number of aromatic nitrogens is 2. The van der Waals surface area contributed by atoms with E-state index in [0.29, 0.717) is 12.5 Å². The Kier molecular flexibility index (Phi) is 3.55. The molecule has 0 aromatic carbocycles. The van der Waals surface area contributed by atoms with E-state index in [-0.39, 0.29) is 12.5 Å². The zero-order valence-electron chi connectivity index (χ0n) is 9.50. The van der Waals surface area contributed by atoms with E-state index >= 15 is 0 Å². The van der Waals surface area contributed by atoms with Crippen LogP contribution in [0.4, 0.5) is 13.2 Å². The summed E-state index contributed by atoms with van der Waals surface area (Å²) in [6.07, 6.45) is -3.33. The Morgan fingerprint density at radius 1 is 1.56 bits per heavy atom. The van der Waals surface area contributed by atoms with Gasteiger partial charge in [-0.2, -0.15) is 18.3 Å². The molecule has 2 rings (SSSR count). The Balaban J connectivity index is 1.81. The van der Waals surface area contributed by atoms with E-state index in [0.717, 1.165) is 30.0 Å². The van der Waals surface area contributed by atoms with Crippen LogP contribution in [0.3, 0.4) is 0 Å². The standard InChI is InChI=1S/C10H13F3N4O/c11-10(12,13)8-1-2-17(16-8)6-9(18)15-5-7-3-14-4-7/h1-2,7,14H,3-6H2,(H,15,18). The number of carbonyl (C=O) groups excluding carboxylic acids is 1. The summed E-state index contributed by atoms with van der Waals surface area (Å²) in [5.41, 5.74) is -0.988. The number of rotatable bonds is 4. The monoisotopic (exact) mass is 262 g/mol. The Morgan fingerprint density at radius 3 is 2.78 bits per heavy atom. The summed E-state index contributed by atoms with van der Waals surface area (Å²) in [5, 5.41) is 9.02. The fourth-order valence-corrected chi connectivity index (χ4v) is 1.55. The lowest BCUT2D eigenvalue weighted by Crippen LogP contribution is -2.48. The third-order valence-electron chi connectivity index (χ3n) is 2.69. The lowest BCUT2D eigenvalue weighted by Gasteiger charge is -2.27. The first-order valence-corrected chi connectivity index (χ1v) is 5.53. The number of carbonyl (C=O) groups is 1. The first-order valence-electron chi connectivity index (χ1n) is 5.53. The average molecular weight is 262 g/mol. The number of alkyl halides is 3. The highest BCUT2D eigenvalue weighted by Crippen LogP contribution is 2.27. The van der Waals surface area contributed by atoms with Crippen LogP contribution >= 0.6 is 0 Å². The van der Waals surface area contributed by atoms with Crippen molar-refractivity contribution in [3.63, 3.8) is 0 Å². The molecular weight excluding hydrogens is 249 g/mol. The maximum absolute atomic E-state index is 12.3. The van der Waals surface area contributed by atoms with E-state index in [9.17, 15) is 18.0 Å². The Hall–Kier alpha value is -1.57. The van der Waals surface area contributed by atoms with Crippen LogP contribution in [-0.2, 0) is 17.5 Å². The van der Waals surface area contributed by atoms with Gasteiger partial charge >= 0.3 is 6.18 Å². The zero-order chi connectivity index (χ0) is 13.2.